The third kappa shape index (κ3) is 2.30. The average molecular weight is 266 g/mol. The number of carbonyl (C=O) groups is 1. The van der Waals surface area contributed by atoms with Gasteiger partial charge in [-0.3, -0.25) is 4.79 Å². The molecule has 0 fully saturated rings. The SMILES string of the molecule is COc1ccc2c(c1)OC/C(=C\c1ccccc1)C2=O. The van der Waals surface area contributed by atoms with Gasteiger partial charge in [-0.05, 0) is 23.8 Å². The second-order valence-corrected chi connectivity index (χ2v) is 4.56. The molecule has 3 heteroatoms. The molecule has 0 bridgehead atoms. The van der Waals surface area contributed by atoms with Crippen LogP contribution in [0.5, 0.6) is 11.5 Å². The van der Waals surface area contributed by atoms with Crippen LogP contribution >= 0.6 is 0 Å². The molecule has 3 nitrogen and oxygen atoms in total. The van der Waals surface area contributed by atoms with Crippen molar-refractivity contribution in [3.63, 3.8) is 0 Å². The zero-order chi connectivity index (χ0) is 13.9. The van der Waals surface area contributed by atoms with Crippen LogP contribution in [0.2, 0.25) is 0 Å². The zero-order valence-corrected chi connectivity index (χ0v) is 11.1. The highest BCUT2D eigenvalue weighted by molar-refractivity contribution is 6.14. The number of fused-ring (bicyclic) bond motifs is 1. The van der Waals surface area contributed by atoms with Crippen LogP contribution in [0.15, 0.2) is 54.1 Å². The van der Waals surface area contributed by atoms with Crippen LogP contribution in [0.25, 0.3) is 6.08 Å². The van der Waals surface area contributed by atoms with E-state index in [4.69, 9.17) is 9.47 Å². The Morgan fingerprint density at radius 2 is 1.95 bits per heavy atom. The van der Waals surface area contributed by atoms with Crippen molar-refractivity contribution in [3.8, 4) is 11.5 Å². The van der Waals surface area contributed by atoms with E-state index in [0.717, 1.165) is 5.56 Å². The van der Waals surface area contributed by atoms with E-state index < -0.39 is 0 Å². The maximum atomic E-state index is 12.4. The molecule has 2 aromatic rings. The summed E-state index contributed by atoms with van der Waals surface area (Å²) >= 11 is 0. The summed E-state index contributed by atoms with van der Waals surface area (Å²) in [5.74, 6) is 1.28. The molecule has 0 N–H and O–H groups in total. The van der Waals surface area contributed by atoms with Crippen molar-refractivity contribution < 1.29 is 14.3 Å². The van der Waals surface area contributed by atoms with E-state index in [1.807, 2.05) is 36.4 Å². The summed E-state index contributed by atoms with van der Waals surface area (Å²) in [7, 11) is 1.59. The van der Waals surface area contributed by atoms with Gasteiger partial charge in [0.15, 0.2) is 5.78 Å². The zero-order valence-electron chi connectivity index (χ0n) is 11.1. The molecule has 0 atom stereocenters. The number of hydrogen-bond acceptors (Lipinski definition) is 3. The molecule has 3 rings (SSSR count). The third-order valence-electron chi connectivity index (χ3n) is 3.25. The molecule has 1 aliphatic rings. The van der Waals surface area contributed by atoms with Gasteiger partial charge < -0.3 is 9.47 Å². The van der Waals surface area contributed by atoms with E-state index in [2.05, 4.69) is 0 Å². The fraction of sp³-hybridized carbons (Fsp3) is 0.118. The normalized spacial score (nSPS) is 15.7. The third-order valence-corrected chi connectivity index (χ3v) is 3.25. The Bertz CT molecular complexity index is 672. The number of Topliss-reactive ketones (excluding diaryl/α,β-unsaturated/α-hetero) is 1. The van der Waals surface area contributed by atoms with Crippen LogP contribution < -0.4 is 9.47 Å². The van der Waals surface area contributed by atoms with Crippen molar-refractivity contribution in [3.05, 3.63) is 65.2 Å². The first-order chi connectivity index (χ1) is 9.78. The van der Waals surface area contributed by atoms with Gasteiger partial charge in [-0.1, -0.05) is 30.3 Å². The van der Waals surface area contributed by atoms with Crippen LogP contribution in [-0.2, 0) is 0 Å². The van der Waals surface area contributed by atoms with E-state index in [0.29, 0.717) is 22.6 Å². The first-order valence-electron chi connectivity index (χ1n) is 6.39. The average Bonchev–Trinajstić information content (AvgIpc) is 2.51. The van der Waals surface area contributed by atoms with Gasteiger partial charge in [0.05, 0.1) is 12.7 Å². The number of hydrogen-bond donors (Lipinski definition) is 0. The Morgan fingerprint density at radius 1 is 1.15 bits per heavy atom. The summed E-state index contributed by atoms with van der Waals surface area (Å²) in [6.45, 7) is 0.286. The molecular formula is C17H14O3. The molecule has 1 heterocycles. The molecule has 0 amide bonds. The minimum atomic E-state index is 0.0118. The highest BCUT2D eigenvalue weighted by Crippen LogP contribution is 2.31. The van der Waals surface area contributed by atoms with E-state index in [1.54, 1.807) is 25.3 Å². The van der Waals surface area contributed by atoms with E-state index >= 15 is 0 Å². The monoisotopic (exact) mass is 266 g/mol. The summed E-state index contributed by atoms with van der Waals surface area (Å²) in [5.41, 5.74) is 2.24. The van der Waals surface area contributed by atoms with Crippen molar-refractivity contribution in [2.24, 2.45) is 0 Å². The molecule has 0 aromatic heterocycles. The van der Waals surface area contributed by atoms with Gasteiger partial charge in [0, 0.05) is 11.6 Å². The maximum absolute atomic E-state index is 12.4. The lowest BCUT2D eigenvalue weighted by atomic mass is 9.98. The lowest BCUT2D eigenvalue weighted by Crippen LogP contribution is -2.19. The predicted molar refractivity (Wildman–Crippen MR) is 77.2 cm³/mol. The molecule has 2 aromatic carbocycles. The molecule has 100 valence electrons. The van der Waals surface area contributed by atoms with Gasteiger partial charge in [0.25, 0.3) is 0 Å². The lowest BCUT2D eigenvalue weighted by molar-refractivity contribution is 0.100. The van der Waals surface area contributed by atoms with E-state index in [1.165, 1.54) is 0 Å². The standard InChI is InChI=1S/C17H14O3/c1-19-14-7-8-15-16(10-14)20-11-13(17(15)18)9-12-5-3-2-4-6-12/h2-10H,11H2,1H3/b13-9+. The van der Waals surface area contributed by atoms with Gasteiger partial charge in [-0.15, -0.1) is 0 Å². The predicted octanol–water partition coefficient (Wildman–Crippen LogP) is 3.35. The van der Waals surface area contributed by atoms with Crippen molar-refractivity contribution in [1.29, 1.82) is 0 Å². The van der Waals surface area contributed by atoms with Gasteiger partial charge >= 0.3 is 0 Å². The second kappa shape index (κ2) is 5.21. The molecule has 0 unspecified atom stereocenters. The van der Waals surface area contributed by atoms with Crippen molar-refractivity contribution in [2.45, 2.75) is 0 Å². The fourth-order valence-corrected chi connectivity index (χ4v) is 2.19. The largest absolute Gasteiger partial charge is 0.497 e. The van der Waals surface area contributed by atoms with E-state index in [-0.39, 0.29) is 12.4 Å². The number of rotatable bonds is 2. The molecule has 0 aliphatic carbocycles. The summed E-state index contributed by atoms with van der Waals surface area (Å²) in [6.07, 6.45) is 1.87. The van der Waals surface area contributed by atoms with Gasteiger partial charge in [0.2, 0.25) is 0 Å². The van der Waals surface area contributed by atoms with Crippen LogP contribution in [0.4, 0.5) is 0 Å². The summed E-state index contributed by atoms with van der Waals surface area (Å²) in [5, 5.41) is 0. The first-order valence-corrected chi connectivity index (χ1v) is 6.39. The molecule has 0 radical (unpaired) electrons. The van der Waals surface area contributed by atoms with Gasteiger partial charge in [0.1, 0.15) is 18.1 Å². The molecular weight excluding hydrogens is 252 g/mol. The number of carbonyl (C=O) groups excluding carboxylic acids is 1. The highest BCUT2D eigenvalue weighted by atomic mass is 16.5. The second-order valence-electron chi connectivity index (χ2n) is 4.56. The number of ketones is 1. The van der Waals surface area contributed by atoms with Gasteiger partial charge in [-0.2, -0.15) is 0 Å². The van der Waals surface area contributed by atoms with Crippen molar-refractivity contribution in [2.75, 3.05) is 13.7 Å². The summed E-state index contributed by atoms with van der Waals surface area (Å²) in [4.78, 5) is 12.4. The Balaban J connectivity index is 1.95. The summed E-state index contributed by atoms with van der Waals surface area (Å²) < 4.78 is 10.8. The molecule has 0 saturated heterocycles. The van der Waals surface area contributed by atoms with Crippen molar-refractivity contribution in [1.82, 2.24) is 0 Å². The lowest BCUT2D eigenvalue weighted by Gasteiger charge is -2.19. The fourth-order valence-electron chi connectivity index (χ4n) is 2.19. The Morgan fingerprint density at radius 3 is 2.70 bits per heavy atom. The quantitative estimate of drug-likeness (QED) is 0.782. The topological polar surface area (TPSA) is 35.5 Å². The van der Waals surface area contributed by atoms with Crippen LogP contribution in [-0.4, -0.2) is 19.5 Å². The highest BCUT2D eigenvalue weighted by Gasteiger charge is 2.23. The number of ether oxygens (including phenoxy) is 2. The molecule has 20 heavy (non-hydrogen) atoms. The maximum Gasteiger partial charge on any atom is 0.196 e. The number of benzene rings is 2. The van der Waals surface area contributed by atoms with E-state index in [9.17, 15) is 4.79 Å². The minimum absolute atomic E-state index is 0.0118. The Kier molecular flexibility index (Phi) is 3.25. The molecule has 0 spiro atoms. The van der Waals surface area contributed by atoms with Crippen molar-refractivity contribution >= 4 is 11.9 Å². The molecule has 1 aliphatic heterocycles. The molecule has 0 saturated carbocycles. The first kappa shape index (κ1) is 12.5. The van der Waals surface area contributed by atoms with Crippen LogP contribution in [0, 0.1) is 0 Å². The van der Waals surface area contributed by atoms with Crippen LogP contribution in [0.3, 0.4) is 0 Å². The Hall–Kier alpha value is -2.55. The summed E-state index contributed by atoms with van der Waals surface area (Å²) in [6, 6.07) is 15.0. The van der Waals surface area contributed by atoms with Gasteiger partial charge in [-0.25, -0.2) is 0 Å². The smallest absolute Gasteiger partial charge is 0.196 e. The minimum Gasteiger partial charge on any atom is -0.497 e. The van der Waals surface area contributed by atoms with Crippen LogP contribution in [0.1, 0.15) is 15.9 Å². The Labute approximate surface area is 117 Å². The number of methoxy groups -OCH3 is 1.